The smallest absolute Gasteiger partial charge is 0.168 e. The molecule has 0 bridgehead atoms. The first-order valence-corrected chi connectivity index (χ1v) is 5.13. The van der Waals surface area contributed by atoms with Crippen molar-refractivity contribution in [3.63, 3.8) is 0 Å². The van der Waals surface area contributed by atoms with Gasteiger partial charge in [0.2, 0.25) is 0 Å². The second-order valence-electron chi connectivity index (χ2n) is 3.48. The molecule has 0 fully saturated rings. The predicted molar refractivity (Wildman–Crippen MR) is 64.5 cm³/mol. The van der Waals surface area contributed by atoms with Gasteiger partial charge in [0.05, 0.1) is 5.70 Å². The molecular weight excluding hydrogens is 218 g/mol. The summed E-state index contributed by atoms with van der Waals surface area (Å²) in [6.45, 7) is 0.872. The van der Waals surface area contributed by atoms with Crippen molar-refractivity contribution in [1.82, 2.24) is 5.32 Å². The molecule has 5 nitrogen and oxygen atoms in total. The fraction of sp³-hybridized carbons (Fsp3) is 0.167. The van der Waals surface area contributed by atoms with Gasteiger partial charge in [0.25, 0.3) is 0 Å². The third-order valence-electron chi connectivity index (χ3n) is 2.27. The van der Waals surface area contributed by atoms with E-state index in [2.05, 4.69) is 5.32 Å². The Morgan fingerprint density at radius 1 is 1.24 bits per heavy atom. The number of allylic oxidation sites excluding steroid dienone is 2. The highest BCUT2D eigenvalue weighted by atomic mass is 16.1. The lowest BCUT2D eigenvalue weighted by atomic mass is 10.1. The summed E-state index contributed by atoms with van der Waals surface area (Å²) in [6.07, 6.45) is 0.962. The molecule has 0 spiro atoms. The number of carbonyl (C=O) groups excluding carboxylic acids is 2. The third-order valence-corrected chi connectivity index (χ3v) is 2.27. The van der Waals surface area contributed by atoms with Gasteiger partial charge in [0.1, 0.15) is 5.70 Å². The fourth-order valence-corrected chi connectivity index (χ4v) is 1.34. The van der Waals surface area contributed by atoms with E-state index in [9.17, 15) is 9.59 Å². The summed E-state index contributed by atoms with van der Waals surface area (Å²) in [5.41, 5.74) is 12.8. The van der Waals surface area contributed by atoms with Crippen LogP contribution in [0.1, 0.15) is 11.1 Å². The molecule has 0 saturated heterocycles. The molecule has 5 heteroatoms. The molecule has 0 heterocycles. The van der Waals surface area contributed by atoms with Crippen LogP contribution in [0, 0.1) is 0 Å². The van der Waals surface area contributed by atoms with E-state index >= 15 is 0 Å². The molecule has 0 aliphatic carbocycles. The van der Waals surface area contributed by atoms with E-state index in [1.165, 1.54) is 0 Å². The zero-order chi connectivity index (χ0) is 12.7. The maximum Gasteiger partial charge on any atom is 0.168 e. The van der Waals surface area contributed by atoms with Crippen LogP contribution in [0.2, 0.25) is 0 Å². The molecule has 0 saturated carbocycles. The van der Waals surface area contributed by atoms with E-state index in [0.717, 1.165) is 11.1 Å². The molecular formula is C12H15N3O2. The Bertz CT molecular complexity index is 441. The zero-order valence-electron chi connectivity index (χ0n) is 9.35. The van der Waals surface area contributed by atoms with Crippen LogP contribution >= 0.6 is 0 Å². The minimum Gasteiger partial charge on any atom is -0.394 e. The van der Waals surface area contributed by atoms with E-state index in [1.807, 2.05) is 24.3 Å². The maximum absolute atomic E-state index is 10.7. The Morgan fingerprint density at radius 2 is 1.94 bits per heavy atom. The van der Waals surface area contributed by atoms with E-state index in [4.69, 9.17) is 11.5 Å². The van der Waals surface area contributed by atoms with Crippen LogP contribution in [-0.2, 0) is 22.7 Å². The van der Waals surface area contributed by atoms with Crippen molar-refractivity contribution < 1.29 is 9.59 Å². The molecule has 1 aromatic carbocycles. The number of benzene rings is 1. The molecule has 0 aliphatic rings. The van der Waals surface area contributed by atoms with Gasteiger partial charge in [-0.25, -0.2) is 0 Å². The van der Waals surface area contributed by atoms with Gasteiger partial charge in [0, 0.05) is 13.1 Å². The molecule has 0 unspecified atom stereocenters. The van der Waals surface area contributed by atoms with Gasteiger partial charge in [-0.1, -0.05) is 24.3 Å². The van der Waals surface area contributed by atoms with Crippen LogP contribution in [0.15, 0.2) is 35.7 Å². The second kappa shape index (κ2) is 6.44. The van der Waals surface area contributed by atoms with Crippen molar-refractivity contribution in [2.24, 2.45) is 11.5 Å². The number of hydrogen-bond donors (Lipinski definition) is 3. The van der Waals surface area contributed by atoms with Gasteiger partial charge >= 0.3 is 0 Å². The lowest BCUT2D eigenvalue weighted by Crippen LogP contribution is -2.20. The first-order chi connectivity index (χ1) is 8.21. The lowest BCUT2D eigenvalue weighted by molar-refractivity contribution is -0.107. The molecule has 0 amide bonds. The van der Waals surface area contributed by atoms with Crippen LogP contribution < -0.4 is 16.8 Å². The quantitative estimate of drug-likeness (QED) is 0.467. The van der Waals surface area contributed by atoms with Gasteiger partial charge in [-0.3, -0.25) is 9.59 Å². The largest absolute Gasteiger partial charge is 0.394 e. The van der Waals surface area contributed by atoms with Crippen LogP contribution in [0.3, 0.4) is 0 Å². The molecule has 0 aliphatic heterocycles. The molecule has 1 aromatic rings. The highest BCUT2D eigenvalue weighted by Gasteiger charge is 2.01. The molecule has 5 N–H and O–H groups in total. The van der Waals surface area contributed by atoms with Crippen LogP contribution in [0.5, 0.6) is 0 Å². The molecule has 17 heavy (non-hydrogen) atoms. The molecule has 0 aromatic heterocycles. The first kappa shape index (κ1) is 12.9. The van der Waals surface area contributed by atoms with Crippen molar-refractivity contribution in [3.05, 3.63) is 46.8 Å². The number of carbonyl (C=O) groups is 2. The Labute approximate surface area is 99.5 Å². The minimum atomic E-state index is -0.102. The van der Waals surface area contributed by atoms with Gasteiger partial charge in [-0.2, -0.15) is 0 Å². The Morgan fingerprint density at radius 3 is 2.53 bits per heavy atom. The summed E-state index contributed by atoms with van der Waals surface area (Å²) in [7, 11) is 0. The average molecular weight is 233 g/mol. The summed E-state index contributed by atoms with van der Waals surface area (Å²) in [6, 6.07) is 7.62. The number of aldehydes is 2. The third kappa shape index (κ3) is 3.73. The Hall–Kier alpha value is -2.14. The van der Waals surface area contributed by atoms with E-state index < -0.39 is 0 Å². The van der Waals surface area contributed by atoms with E-state index in [-0.39, 0.29) is 11.4 Å². The minimum absolute atomic E-state index is 0.0955. The first-order valence-electron chi connectivity index (χ1n) is 5.13. The van der Waals surface area contributed by atoms with E-state index in [0.29, 0.717) is 25.7 Å². The number of rotatable bonds is 6. The fourth-order valence-electron chi connectivity index (χ4n) is 1.34. The van der Waals surface area contributed by atoms with Crippen molar-refractivity contribution in [3.8, 4) is 0 Å². The van der Waals surface area contributed by atoms with Crippen LogP contribution in [-0.4, -0.2) is 12.6 Å². The van der Waals surface area contributed by atoms with Crippen molar-refractivity contribution in [1.29, 1.82) is 0 Å². The summed E-state index contributed by atoms with van der Waals surface area (Å²) in [4.78, 5) is 21.1. The van der Waals surface area contributed by atoms with Crippen molar-refractivity contribution in [2.75, 3.05) is 0 Å². The molecule has 0 atom stereocenters. The molecule has 0 radical (unpaired) electrons. The standard InChI is InChI=1S/C12H15N3O2/c13-5-9-2-1-3-10(4-9)6-15-12(8-17)11(14)7-16/h1-4,7-8,15H,5-6,13-14H2/b12-11-. The maximum atomic E-state index is 10.7. The summed E-state index contributed by atoms with van der Waals surface area (Å²) < 4.78 is 0. The predicted octanol–water partition coefficient (Wildman–Crippen LogP) is -0.197. The Balaban J connectivity index is 2.72. The monoisotopic (exact) mass is 233 g/mol. The highest BCUT2D eigenvalue weighted by molar-refractivity contribution is 5.85. The molecule has 1 rings (SSSR count). The van der Waals surface area contributed by atoms with Gasteiger partial charge in [-0.05, 0) is 11.1 Å². The van der Waals surface area contributed by atoms with Crippen molar-refractivity contribution in [2.45, 2.75) is 13.1 Å². The van der Waals surface area contributed by atoms with Gasteiger partial charge < -0.3 is 16.8 Å². The van der Waals surface area contributed by atoms with Gasteiger partial charge in [-0.15, -0.1) is 0 Å². The average Bonchev–Trinajstić information content (AvgIpc) is 2.39. The summed E-state index contributed by atoms with van der Waals surface area (Å²) >= 11 is 0. The molecule has 90 valence electrons. The lowest BCUT2D eigenvalue weighted by Gasteiger charge is -2.07. The SMILES string of the molecule is NCc1cccc(CN/C(C=O)=C(\N)C=O)c1. The highest BCUT2D eigenvalue weighted by Crippen LogP contribution is 2.05. The Kier molecular flexibility index (Phi) is 4.90. The number of nitrogens with two attached hydrogens (primary N) is 2. The number of hydrogen-bond acceptors (Lipinski definition) is 5. The number of nitrogens with one attached hydrogen (secondary N) is 1. The van der Waals surface area contributed by atoms with Crippen LogP contribution in [0.25, 0.3) is 0 Å². The van der Waals surface area contributed by atoms with Gasteiger partial charge in [0.15, 0.2) is 12.6 Å². The summed E-state index contributed by atoms with van der Waals surface area (Å²) in [5.74, 6) is 0. The normalized spacial score (nSPS) is 11.6. The zero-order valence-corrected chi connectivity index (χ0v) is 9.35. The van der Waals surface area contributed by atoms with Crippen molar-refractivity contribution >= 4 is 12.6 Å². The van der Waals surface area contributed by atoms with Crippen LogP contribution in [0.4, 0.5) is 0 Å². The summed E-state index contributed by atoms with van der Waals surface area (Å²) in [5, 5.41) is 2.80. The van der Waals surface area contributed by atoms with E-state index in [1.54, 1.807) is 0 Å². The topological polar surface area (TPSA) is 98.2 Å². The second-order valence-corrected chi connectivity index (χ2v) is 3.48.